The van der Waals surface area contributed by atoms with Crippen LogP contribution in [0.4, 0.5) is 13.2 Å². The van der Waals surface area contributed by atoms with E-state index >= 15 is 0 Å². The molecule has 0 spiro atoms. The Morgan fingerprint density at radius 3 is 2.76 bits per heavy atom. The molecule has 0 fully saturated rings. The summed E-state index contributed by atoms with van der Waals surface area (Å²) < 4.78 is 39.4. The first-order chi connectivity index (χ1) is 9.82. The minimum absolute atomic E-state index is 0.269. The Kier molecular flexibility index (Phi) is 4.26. The zero-order valence-electron chi connectivity index (χ0n) is 10.9. The molecular formula is C11H11F3N4O2S. The van der Waals surface area contributed by atoms with E-state index in [1.165, 1.54) is 11.3 Å². The summed E-state index contributed by atoms with van der Waals surface area (Å²) in [6.07, 6.45) is -3.22. The number of aromatic carboxylic acids is 1. The number of thiazole rings is 1. The van der Waals surface area contributed by atoms with Gasteiger partial charge in [0, 0.05) is 5.38 Å². The zero-order valence-corrected chi connectivity index (χ0v) is 11.7. The van der Waals surface area contributed by atoms with E-state index in [4.69, 9.17) is 5.11 Å². The van der Waals surface area contributed by atoms with Gasteiger partial charge in [-0.3, -0.25) is 0 Å². The van der Waals surface area contributed by atoms with Crippen LogP contribution in [0.1, 0.15) is 40.2 Å². The lowest BCUT2D eigenvalue weighted by atomic mass is 10.3. The van der Waals surface area contributed by atoms with E-state index in [2.05, 4.69) is 15.3 Å². The van der Waals surface area contributed by atoms with E-state index in [0.717, 1.165) is 17.8 Å². The zero-order chi connectivity index (χ0) is 15.6. The summed E-state index contributed by atoms with van der Waals surface area (Å²) in [6.45, 7) is 1.70. The number of carboxylic acid groups (broad SMARTS) is 1. The molecule has 10 heteroatoms. The average molecular weight is 320 g/mol. The van der Waals surface area contributed by atoms with Gasteiger partial charge in [0.05, 0.1) is 17.2 Å². The van der Waals surface area contributed by atoms with Crippen molar-refractivity contribution in [3.05, 3.63) is 27.5 Å². The number of carboxylic acids is 1. The molecule has 1 N–H and O–H groups in total. The van der Waals surface area contributed by atoms with Gasteiger partial charge >= 0.3 is 12.1 Å². The maximum atomic E-state index is 12.9. The van der Waals surface area contributed by atoms with Gasteiger partial charge in [-0.15, -0.1) is 16.4 Å². The largest absolute Gasteiger partial charge is 0.476 e. The minimum atomic E-state index is -4.85. The summed E-state index contributed by atoms with van der Waals surface area (Å²) in [7, 11) is 0. The van der Waals surface area contributed by atoms with Crippen molar-refractivity contribution in [3.63, 3.8) is 0 Å². The summed E-state index contributed by atoms with van der Waals surface area (Å²) in [5.41, 5.74) is -2.08. The van der Waals surface area contributed by atoms with Crippen molar-refractivity contribution >= 4 is 17.3 Å². The fourth-order valence-electron chi connectivity index (χ4n) is 1.75. The van der Waals surface area contributed by atoms with Gasteiger partial charge in [0.15, 0.2) is 5.69 Å². The molecule has 6 nitrogen and oxygen atoms in total. The third-order valence-electron chi connectivity index (χ3n) is 2.58. The van der Waals surface area contributed by atoms with Crippen LogP contribution in [0.3, 0.4) is 0 Å². The van der Waals surface area contributed by atoms with Crippen molar-refractivity contribution in [3.8, 4) is 0 Å². The maximum Gasteiger partial charge on any atom is 0.435 e. The molecule has 21 heavy (non-hydrogen) atoms. The molecule has 2 aromatic rings. The highest BCUT2D eigenvalue weighted by atomic mass is 32.1. The number of halogens is 3. The lowest BCUT2D eigenvalue weighted by Gasteiger charge is -2.08. The van der Waals surface area contributed by atoms with Gasteiger partial charge < -0.3 is 5.11 Å². The van der Waals surface area contributed by atoms with Gasteiger partial charge in [-0.05, 0) is 12.8 Å². The second-order valence-corrected chi connectivity index (χ2v) is 5.17. The third-order valence-corrected chi connectivity index (χ3v) is 3.54. The molecule has 0 aliphatic rings. The van der Waals surface area contributed by atoms with Crippen LogP contribution < -0.4 is 0 Å². The molecule has 0 unspecified atom stereocenters. The Bertz CT molecular complexity index is 650. The molecule has 114 valence electrons. The first-order valence-corrected chi connectivity index (χ1v) is 6.88. The van der Waals surface area contributed by atoms with Crippen molar-refractivity contribution in [2.75, 3.05) is 0 Å². The monoisotopic (exact) mass is 320 g/mol. The number of carbonyl (C=O) groups is 1. The topological polar surface area (TPSA) is 80.9 Å². The van der Waals surface area contributed by atoms with Crippen molar-refractivity contribution < 1.29 is 23.1 Å². The first-order valence-electron chi connectivity index (χ1n) is 6.00. The van der Waals surface area contributed by atoms with Gasteiger partial charge in [-0.25, -0.2) is 14.5 Å². The first kappa shape index (κ1) is 15.4. The third kappa shape index (κ3) is 3.38. The lowest BCUT2D eigenvalue weighted by molar-refractivity contribution is -0.144. The number of aryl methyl sites for hydroxylation is 1. The van der Waals surface area contributed by atoms with E-state index in [1.807, 2.05) is 6.92 Å². The number of rotatable bonds is 5. The van der Waals surface area contributed by atoms with Gasteiger partial charge in [-0.1, -0.05) is 12.1 Å². The van der Waals surface area contributed by atoms with Crippen LogP contribution in [-0.4, -0.2) is 31.1 Å². The van der Waals surface area contributed by atoms with Gasteiger partial charge in [-0.2, -0.15) is 13.2 Å². The highest BCUT2D eigenvalue weighted by Crippen LogP contribution is 2.31. The smallest absolute Gasteiger partial charge is 0.435 e. The van der Waals surface area contributed by atoms with Crippen LogP contribution in [0.5, 0.6) is 0 Å². The summed E-state index contributed by atoms with van der Waals surface area (Å²) in [5.74, 6) is -1.77. The van der Waals surface area contributed by atoms with Crippen molar-refractivity contribution in [2.45, 2.75) is 32.5 Å². The van der Waals surface area contributed by atoms with Crippen LogP contribution in [0.2, 0.25) is 0 Å². The van der Waals surface area contributed by atoms with E-state index in [-0.39, 0.29) is 6.54 Å². The predicted octanol–water partition coefficient (Wildman–Crippen LogP) is 2.45. The normalized spacial score (nSPS) is 11.8. The second kappa shape index (κ2) is 5.80. The van der Waals surface area contributed by atoms with Crippen LogP contribution in [-0.2, 0) is 19.1 Å². The molecule has 0 aromatic carbocycles. The van der Waals surface area contributed by atoms with Crippen molar-refractivity contribution in [1.82, 2.24) is 20.0 Å². The molecular weight excluding hydrogens is 309 g/mol. The summed E-state index contributed by atoms with van der Waals surface area (Å²) in [5, 5.41) is 17.6. The van der Waals surface area contributed by atoms with Crippen LogP contribution >= 0.6 is 11.3 Å². The van der Waals surface area contributed by atoms with E-state index in [1.54, 1.807) is 5.38 Å². The summed E-state index contributed by atoms with van der Waals surface area (Å²) in [6, 6.07) is 0. The Morgan fingerprint density at radius 2 is 2.19 bits per heavy atom. The molecule has 0 amide bonds. The molecule has 0 radical (unpaired) electrons. The summed E-state index contributed by atoms with van der Waals surface area (Å²) in [4.78, 5) is 15.0. The highest BCUT2D eigenvalue weighted by molar-refractivity contribution is 7.09. The predicted molar refractivity (Wildman–Crippen MR) is 67.2 cm³/mol. The Morgan fingerprint density at radius 1 is 1.48 bits per heavy atom. The maximum absolute atomic E-state index is 12.9. The molecule has 0 aliphatic carbocycles. The average Bonchev–Trinajstić information content (AvgIpc) is 2.96. The number of aromatic nitrogens is 4. The van der Waals surface area contributed by atoms with Gasteiger partial charge in [0.2, 0.25) is 5.69 Å². The SMILES string of the molecule is CCCc1nc(Cn2nnc(C(=O)O)c2C(F)(F)F)cs1. The molecule has 0 saturated carbocycles. The Hall–Kier alpha value is -1.97. The van der Waals surface area contributed by atoms with Crippen molar-refractivity contribution in [2.24, 2.45) is 0 Å². The number of alkyl halides is 3. The van der Waals surface area contributed by atoms with Crippen LogP contribution in [0, 0.1) is 0 Å². The highest BCUT2D eigenvalue weighted by Gasteiger charge is 2.41. The van der Waals surface area contributed by atoms with Crippen molar-refractivity contribution in [1.29, 1.82) is 0 Å². The summed E-state index contributed by atoms with van der Waals surface area (Å²) >= 11 is 1.35. The fourth-order valence-corrected chi connectivity index (χ4v) is 2.64. The standard InChI is InChI=1S/C11H11F3N4O2S/c1-2-3-7-15-6(5-21-7)4-18-9(11(12,13)14)8(10(19)20)16-17-18/h5H,2-4H2,1H3,(H,19,20). The van der Waals surface area contributed by atoms with E-state index in [9.17, 15) is 18.0 Å². The van der Waals surface area contributed by atoms with E-state index in [0.29, 0.717) is 10.4 Å². The molecule has 2 heterocycles. The molecule has 0 saturated heterocycles. The Labute approximate surface area is 121 Å². The van der Waals surface area contributed by atoms with Crippen LogP contribution in [0.15, 0.2) is 5.38 Å². The quantitative estimate of drug-likeness (QED) is 0.915. The lowest BCUT2D eigenvalue weighted by Crippen LogP contribution is -2.19. The molecule has 2 rings (SSSR count). The molecule has 0 atom stereocenters. The molecule has 0 bridgehead atoms. The molecule has 0 aliphatic heterocycles. The number of nitrogens with zero attached hydrogens (tertiary/aromatic N) is 4. The van der Waals surface area contributed by atoms with E-state index < -0.39 is 23.5 Å². The van der Waals surface area contributed by atoms with Gasteiger partial charge in [0.25, 0.3) is 0 Å². The number of hydrogen-bond acceptors (Lipinski definition) is 5. The fraction of sp³-hybridized carbons (Fsp3) is 0.455. The molecule has 2 aromatic heterocycles. The second-order valence-electron chi connectivity index (χ2n) is 4.23. The van der Waals surface area contributed by atoms with Crippen LogP contribution in [0.25, 0.3) is 0 Å². The number of hydrogen-bond donors (Lipinski definition) is 1. The van der Waals surface area contributed by atoms with Gasteiger partial charge in [0.1, 0.15) is 0 Å². The minimum Gasteiger partial charge on any atom is -0.476 e. The Balaban J connectivity index is 2.33.